The normalized spacial score (nSPS) is 18.5. The van der Waals surface area contributed by atoms with Crippen LogP contribution in [0.4, 0.5) is 0 Å². The Hall–Kier alpha value is -1.85. The molecule has 0 saturated carbocycles. The van der Waals surface area contributed by atoms with Crippen LogP contribution in [0.1, 0.15) is 35.7 Å². The topological polar surface area (TPSA) is 50.5 Å². The number of nitrogens with zero attached hydrogens (tertiary/aromatic N) is 3. The first-order valence-electron chi connectivity index (χ1n) is 8.23. The SMILES string of the molecule is COc1ccccc1[C@@H]1CCCN1Cc1cn(CCO)nc1C. The van der Waals surface area contributed by atoms with Gasteiger partial charge < -0.3 is 9.84 Å². The standard InChI is InChI=1S/C18H25N3O2/c1-14-15(13-21(19-14)10-11-22)12-20-9-5-7-17(20)16-6-3-4-8-18(16)23-2/h3-4,6,8,13,17,22H,5,7,9-12H2,1-2H3/t17-/m0/s1. The average molecular weight is 315 g/mol. The molecule has 5 nitrogen and oxygen atoms in total. The molecule has 1 aromatic carbocycles. The number of aryl methyl sites for hydroxylation is 1. The zero-order valence-corrected chi connectivity index (χ0v) is 13.9. The third kappa shape index (κ3) is 3.41. The number of aliphatic hydroxyl groups is 1. The lowest BCUT2D eigenvalue weighted by Gasteiger charge is -2.26. The Morgan fingerprint density at radius 3 is 2.96 bits per heavy atom. The van der Waals surface area contributed by atoms with Crippen molar-refractivity contribution < 1.29 is 9.84 Å². The molecule has 0 unspecified atom stereocenters. The monoisotopic (exact) mass is 315 g/mol. The fourth-order valence-electron chi connectivity index (χ4n) is 3.46. The van der Waals surface area contributed by atoms with E-state index in [1.54, 1.807) is 7.11 Å². The number of ether oxygens (including phenoxy) is 1. The summed E-state index contributed by atoms with van der Waals surface area (Å²) in [5.41, 5.74) is 3.55. The van der Waals surface area contributed by atoms with Crippen LogP contribution in [0.2, 0.25) is 0 Å². The van der Waals surface area contributed by atoms with E-state index in [-0.39, 0.29) is 6.61 Å². The molecular weight excluding hydrogens is 290 g/mol. The maximum atomic E-state index is 9.07. The van der Waals surface area contributed by atoms with Crippen molar-refractivity contribution in [2.24, 2.45) is 0 Å². The summed E-state index contributed by atoms with van der Waals surface area (Å²) in [6.45, 7) is 4.69. The van der Waals surface area contributed by atoms with Crippen molar-refractivity contribution >= 4 is 0 Å². The highest BCUT2D eigenvalue weighted by atomic mass is 16.5. The van der Waals surface area contributed by atoms with Crippen molar-refractivity contribution in [2.75, 3.05) is 20.3 Å². The van der Waals surface area contributed by atoms with E-state index in [1.807, 2.05) is 23.7 Å². The molecule has 5 heteroatoms. The van der Waals surface area contributed by atoms with Crippen LogP contribution in [0.25, 0.3) is 0 Å². The molecule has 1 aliphatic rings. The number of aliphatic hydroxyl groups excluding tert-OH is 1. The highest BCUT2D eigenvalue weighted by Crippen LogP contribution is 2.37. The summed E-state index contributed by atoms with van der Waals surface area (Å²) in [5.74, 6) is 0.970. The summed E-state index contributed by atoms with van der Waals surface area (Å²) in [4.78, 5) is 2.51. The summed E-state index contributed by atoms with van der Waals surface area (Å²) in [5, 5.41) is 13.5. The van der Waals surface area contributed by atoms with Crippen molar-refractivity contribution in [3.63, 3.8) is 0 Å². The van der Waals surface area contributed by atoms with E-state index in [0.29, 0.717) is 12.6 Å². The number of methoxy groups -OCH3 is 1. The second-order valence-electron chi connectivity index (χ2n) is 6.10. The zero-order valence-electron chi connectivity index (χ0n) is 13.9. The Morgan fingerprint density at radius 1 is 1.35 bits per heavy atom. The number of hydrogen-bond donors (Lipinski definition) is 1. The van der Waals surface area contributed by atoms with Gasteiger partial charge in [-0.05, 0) is 32.4 Å². The molecule has 2 aromatic rings. The largest absolute Gasteiger partial charge is 0.496 e. The molecule has 1 N–H and O–H groups in total. The average Bonchev–Trinajstić information content (AvgIpc) is 3.15. The minimum Gasteiger partial charge on any atom is -0.496 e. The van der Waals surface area contributed by atoms with Crippen LogP contribution in [-0.4, -0.2) is 40.0 Å². The molecule has 2 heterocycles. The van der Waals surface area contributed by atoms with E-state index >= 15 is 0 Å². The van der Waals surface area contributed by atoms with Gasteiger partial charge in [-0.15, -0.1) is 0 Å². The molecule has 0 spiro atoms. The molecule has 1 saturated heterocycles. The van der Waals surface area contributed by atoms with Gasteiger partial charge in [0.2, 0.25) is 0 Å². The summed E-state index contributed by atoms with van der Waals surface area (Å²) in [6, 6.07) is 8.70. The van der Waals surface area contributed by atoms with Gasteiger partial charge >= 0.3 is 0 Å². The fraction of sp³-hybridized carbons (Fsp3) is 0.500. The minimum absolute atomic E-state index is 0.119. The van der Waals surface area contributed by atoms with Gasteiger partial charge in [-0.25, -0.2) is 0 Å². The smallest absolute Gasteiger partial charge is 0.123 e. The van der Waals surface area contributed by atoms with Gasteiger partial charge in [0, 0.05) is 29.9 Å². The van der Waals surface area contributed by atoms with Gasteiger partial charge in [-0.3, -0.25) is 9.58 Å². The lowest BCUT2D eigenvalue weighted by molar-refractivity contribution is 0.242. The van der Waals surface area contributed by atoms with Gasteiger partial charge in [0.1, 0.15) is 5.75 Å². The number of hydrogen-bond acceptors (Lipinski definition) is 4. The molecule has 0 amide bonds. The Kier molecular flexibility index (Phi) is 4.98. The minimum atomic E-state index is 0.119. The molecule has 23 heavy (non-hydrogen) atoms. The lowest BCUT2D eigenvalue weighted by atomic mass is 10.0. The van der Waals surface area contributed by atoms with Gasteiger partial charge in [0.05, 0.1) is 26.0 Å². The first-order chi connectivity index (χ1) is 11.2. The predicted molar refractivity (Wildman–Crippen MR) is 89.4 cm³/mol. The first kappa shape index (κ1) is 16.0. The van der Waals surface area contributed by atoms with Crippen molar-refractivity contribution in [3.8, 4) is 5.75 Å². The second-order valence-corrected chi connectivity index (χ2v) is 6.10. The van der Waals surface area contributed by atoms with E-state index in [9.17, 15) is 0 Å². The van der Waals surface area contributed by atoms with Gasteiger partial charge in [0.15, 0.2) is 0 Å². The molecule has 1 aromatic heterocycles. The molecule has 124 valence electrons. The molecule has 1 fully saturated rings. The highest BCUT2D eigenvalue weighted by molar-refractivity contribution is 5.36. The third-order valence-electron chi connectivity index (χ3n) is 4.61. The lowest BCUT2D eigenvalue weighted by Crippen LogP contribution is -2.23. The van der Waals surface area contributed by atoms with E-state index < -0.39 is 0 Å². The molecule has 1 atom stereocenters. The Bertz CT molecular complexity index is 653. The first-order valence-corrected chi connectivity index (χ1v) is 8.23. The van der Waals surface area contributed by atoms with Crippen LogP contribution < -0.4 is 4.74 Å². The number of aromatic nitrogens is 2. The van der Waals surface area contributed by atoms with E-state index in [4.69, 9.17) is 9.84 Å². The molecule has 0 bridgehead atoms. The van der Waals surface area contributed by atoms with E-state index in [2.05, 4.69) is 28.3 Å². The van der Waals surface area contributed by atoms with Crippen molar-refractivity contribution in [1.29, 1.82) is 0 Å². The summed E-state index contributed by atoms with van der Waals surface area (Å²) in [7, 11) is 1.74. The number of benzene rings is 1. The molecule has 0 radical (unpaired) electrons. The highest BCUT2D eigenvalue weighted by Gasteiger charge is 2.28. The number of para-hydroxylation sites is 1. The van der Waals surface area contributed by atoms with Crippen LogP contribution in [0, 0.1) is 6.92 Å². The zero-order chi connectivity index (χ0) is 16.2. The van der Waals surface area contributed by atoms with E-state index in [0.717, 1.165) is 31.0 Å². The Morgan fingerprint density at radius 2 is 2.17 bits per heavy atom. The fourth-order valence-corrected chi connectivity index (χ4v) is 3.46. The number of likely N-dealkylation sites (tertiary alicyclic amines) is 1. The van der Waals surface area contributed by atoms with E-state index in [1.165, 1.54) is 17.5 Å². The van der Waals surface area contributed by atoms with Crippen LogP contribution in [0.5, 0.6) is 5.75 Å². The van der Waals surface area contributed by atoms with Crippen LogP contribution >= 0.6 is 0 Å². The molecule has 0 aliphatic carbocycles. The molecule has 1 aliphatic heterocycles. The van der Waals surface area contributed by atoms with Crippen molar-refractivity contribution in [3.05, 3.63) is 47.3 Å². The van der Waals surface area contributed by atoms with Gasteiger partial charge in [-0.1, -0.05) is 18.2 Å². The predicted octanol–water partition coefficient (Wildman–Crippen LogP) is 2.53. The summed E-state index contributed by atoms with van der Waals surface area (Å²) in [6.07, 6.45) is 4.42. The summed E-state index contributed by atoms with van der Waals surface area (Å²) < 4.78 is 7.38. The van der Waals surface area contributed by atoms with Crippen LogP contribution in [0.3, 0.4) is 0 Å². The maximum Gasteiger partial charge on any atom is 0.123 e. The molecular formula is C18H25N3O2. The third-order valence-corrected chi connectivity index (χ3v) is 4.61. The van der Waals surface area contributed by atoms with Crippen molar-refractivity contribution in [1.82, 2.24) is 14.7 Å². The van der Waals surface area contributed by atoms with Gasteiger partial charge in [0.25, 0.3) is 0 Å². The van der Waals surface area contributed by atoms with Crippen molar-refractivity contribution in [2.45, 2.75) is 38.9 Å². The molecule has 3 rings (SSSR count). The Balaban J connectivity index is 1.79. The summed E-state index contributed by atoms with van der Waals surface area (Å²) >= 11 is 0. The van der Waals surface area contributed by atoms with Gasteiger partial charge in [-0.2, -0.15) is 5.10 Å². The van der Waals surface area contributed by atoms with Crippen LogP contribution in [0.15, 0.2) is 30.5 Å². The quantitative estimate of drug-likeness (QED) is 0.890. The maximum absolute atomic E-state index is 9.07. The Labute approximate surface area is 137 Å². The second kappa shape index (κ2) is 7.15. The number of rotatable bonds is 6. The van der Waals surface area contributed by atoms with Crippen LogP contribution in [-0.2, 0) is 13.1 Å².